The lowest BCUT2D eigenvalue weighted by Crippen LogP contribution is -2.29. The van der Waals surface area contributed by atoms with Crippen molar-refractivity contribution in [3.8, 4) is 5.88 Å². The molecule has 0 spiro atoms. The molecule has 0 bridgehead atoms. The van der Waals surface area contributed by atoms with Crippen molar-refractivity contribution >= 4 is 28.4 Å². The van der Waals surface area contributed by atoms with E-state index in [1.807, 2.05) is 26.8 Å². The normalized spacial score (nSPS) is 21.1. The number of pyridine rings is 3. The van der Waals surface area contributed by atoms with E-state index < -0.39 is 0 Å². The predicted molar refractivity (Wildman–Crippen MR) is 120 cm³/mol. The zero-order chi connectivity index (χ0) is 22.4. The molecule has 1 saturated carbocycles. The number of fused-ring (bicyclic) bond motifs is 2. The minimum absolute atomic E-state index is 0.000718. The summed E-state index contributed by atoms with van der Waals surface area (Å²) in [6, 6.07) is 5.42. The molecule has 0 amide bonds. The van der Waals surface area contributed by atoms with E-state index in [1.54, 1.807) is 24.5 Å². The summed E-state index contributed by atoms with van der Waals surface area (Å²) in [6.45, 7) is 5.84. The van der Waals surface area contributed by atoms with Crippen molar-refractivity contribution < 1.29 is 19.4 Å². The summed E-state index contributed by atoms with van der Waals surface area (Å²) in [5, 5.41) is 14.7. The number of carbonyl (C=O) groups is 1. The third-order valence-electron chi connectivity index (χ3n) is 6.20. The van der Waals surface area contributed by atoms with Crippen LogP contribution >= 0.6 is 0 Å². The zero-order valence-corrected chi connectivity index (χ0v) is 18.3. The molecule has 1 aliphatic carbocycles. The first-order valence-corrected chi connectivity index (χ1v) is 11.0. The molecule has 1 aliphatic heterocycles. The fraction of sp³-hybridized carbons (Fsp3) is 0.417. The molecule has 0 unspecified atom stereocenters. The van der Waals surface area contributed by atoms with E-state index in [0.29, 0.717) is 23.1 Å². The smallest absolute Gasteiger partial charge is 0.340 e. The third-order valence-corrected chi connectivity index (χ3v) is 6.20. The quantitative estimate of drug-likeness (QED) is 0.559. The highest BCUT2D eigenvalue weighted by Gasteiger charge is 2.31. The number of ether oxygens (including phenoxy) is 2. The Kier molecular flexibility index (Phi) is 5.17. The summed E-state index contributed by atoms with van der Waals surface area (Å²) in [4.78, 5) is 25.9. The minimum atomic E-state index is -0.341. The number of carbonyl (C=O) groups excluding carboxylic acids is 1. The van der Waals surface area contributed by atoms with E-state index >= 15 is 0 Å². The van der Waals surface area contributed by atoms with Crippen molar-refractivity contribution in [1.82, 2.24) is 15.0 Å². The van der Waals surface area contributed by atoms with E-state index in [2.05, 4.69) is 20.3 Å². The maximum atomic E-state index is 12.2. The molecule has 166 valence electrons. The van der Waals surface area contributed by atoms with E-state index in [0.717, 1.165) is 34.9 Å². The Morgan fingerprint density at radius 1 is 1.19 bits per heavy atom. The van der Waals surface area contributed by atoms with Crippen molar-refractivity contribution in [2.75, 3.05) is 11.9 Å². The Balaban J connectivity index is 1.51. The summed E-state index contributed by atoms with van der Waals surface area (Å²) in [7, 11) is 0. The number of aliphatic hydroxyl groups is 1. The number of cyclic esters (lactones) is 1. The molecule has 4 heterocycles. The number of anilines is 2. The van der Waals surface area contributed by atoms with Gasteiger partial charge < -0.3 is 19.9 Å². The van der Waals surface area contributed by atoms with Gasteiger partial charge in [0.1, 0.15) is 23.8 Å². The van der Waals surface area contributed by atoms with Crippen LogP contribution in [0.2, 0.25) is 0 Å². The maximum Gasteiger partial charge on any atom is 0.340 e. The molecule has 32 heavy (non-hydrogen) atoms. The highest BCUT2D eigenvalue weighted by Crippen LogP contribution is 2.35. The Bertz CT molecular complexity index is 1190. The Hall–Kier alpha value is -3.26. The second-order valence-corrected chi connectivity index (χ2v) is 8.69. The summed E-state index contributed by atoms with van der Waals surface area (Å²) in [6.07, 6.45) is 5.60. The van der Waals surface area contributed by atoms with E-state index in [4.69, 9.17) is 9.47 Å². The maximum absolute atomic E-state index is 12.2. The van der Waals surface area contributed by atoms with Crippen LogP contribution in [0.5, 0.6) is 5.88 Å². The van der Waals surface area contributed by atoms with Gasteiger partial charge in [-0.05, 0) is 48.9 Å². The van der Waals surface area contributed by atoms with Crippen molar-refractivity contribution in [3.05, 3.63) is 47.4 Å². The van der Waals surface area contributed by atoms with E-state index in [9.17, 15) is 9.90 Å². The Morgan fingerprint density at radius 2 is 2.00 bits per heavy atom. The van der Waals surface area contributed by atoms with Crippen LogP contribution in [0.1, 0.15) is 67.1 Å². The van der Waals surface area contributed by atoms with Gasteiger partial charge in [-0.15, -0.1) is 0 Å². The van der Waals surface area contributed by atoms with Crippen molar-refractivity contribution in [1.29, 1.82) is 0 Å². The Labute approximate surface area is 186 Å². The molecule has 3 aromatic rings. The molecule has 3 aromatic heterocycles. The first-order chi connectivity index (χ1) is 15.4. The van der Waals surface area contributed by atoms with Gasteiger partial charge in [0.15, 0.2) is 0 Å². The molecule has 8 heteroatoms. The van der Waals surface area contributed by atoms with Crippen LogP contribution in [0.15, 0.2) is 30.6 Å². The van der Waals surface area contributed by atoms with Gasteiger partial charge in [-0.3, -0.25) is 0 Å². The number of nitrogens with one attached hydrogen (secondary N) is 1. The SMILES string of the molecule is C[C@@H]1OC(=O)c2ccc(Nc3cc4c([C@@H](C)CO)cnc(OC5CC5)c4cn3)nc2[C@H]1C. The second kappa shape index (κ2) is 8.02. The van der Waals surface area contributed by atoms with Gasteiger partial charge in [0, 0.05) is 30.8 Å². The largest absolute Gasteiger partial charge is 0.474 e. The Morgan fingerprint density at radius 3 is 2.75 bits per heavy atom. The van der Waals surface area contributed by atoms with Crippen molar-refractivity contribution in [3.63, 3.8) is 0 Å². The summed E-state index contributed by atoms with van der Waals surface area (Å²) in [5.74, 6) is 1.36. The zero-order valence-electron chi connectivity index (χ0n) is 18.3. The third kappa shape index (κ3) is 3.75. The molecular weight excluding hydrogens is 408 g/mol. The average Bonchev–Trinajstić information content (AvgIpc) is 3.61. The van der Waals surface area contributed by atoms with Gasteiger partial charge in [-0.25, -0.2) is 19.7 Å². The monoisotopic (exact) mass is 434 g/mol. The number of aromatic nitrogens is 3. The molecule has 8 nitrogen and oxygen atoms in total. The van der Waals surface area contributed by atoms with Crippen LogP contribution < -0.4 is 10.1 Å². The number of rotatable bonds is 6. The summed E-state index contributed by atoms with van der Waals surface area (Å²) in [5.41, 5.74) is 2.15. The molecule has 2 N–H and O–H groups in total. The van der Waals surface area contributed by atoms with Crippen LogP contribution in [0.3, 0.4) is 0 Å². The highest BCUT2D eigenvalue weighted by atomic mass is 16.5. The van der Waals surface area contributed by atoms with Gasteiger partial charge in [0.2, 0.25) is 5.88 Å². The van der Waals surface area contributed by atoms with Crippen LogP contribution in [-0.2, 0) is 4.74 Å². The van der Waals surface area contributed by atoms with E-state index in [1.165, 1.54) is 0 Å². The van der Waals surface area contributed by atoms with Crippen LogP contribution in [0.4, 0.5) is 11.6 Å². The number of hydrogen-bond donors (Lipinski definition) is 2. The number of nitrogens with zero attached hydrogens (tertiary/aromatic N) is 3. The van der Waals surface area contributed by atoms with Gasteiger partial charge in [-0.2, -0.15) is 0 Å². The van der Waals surface area contributed by atoms with Crippen LogP contribution in [-0.4, -0.2) is 44.8 Å². The average molecular weight is 434 g/mol. The standard InChI is InChI=1S/C24H26N4O4/c1-12(11-29)18-9-26-23(32-15-4-5-15)19-10-25-21(8-17(18)19)27-20-7-6-16-22(28-20)13(2)14(3)31-24(16)30/h6-10,12-15,29H,4-5,11H2,1-3H3,(H,25,27,28)/t12-,13-,14-/m0/s1. The van der Waals surface area contributed by atoms with Crippen molar-refractivity contribution in [2.45, 2.75) is 57.7 Å². The molecule has 2 aliphatic rings. The molecule has 0 saturated heterocycles. The summed E-state index contributed by atoms with van der Waals surface area (Å²) >= 11 is 0. The fourth-order valence-corrected chi connectivity index (χ4v) is 3.88. The first-order valence-electron chi connectivity index (χ1n) is 11.0. The molecule has 1 fully saturated rings. The van der Waals surface area contributed by atoms with Gasteiger partial charge >= 0.3 is 5.97 Å². The lowest BCUT2D eigenvalue weighted by atomic mass is 9.94. The molecule has 5 rings (SSSR count). The summed E-state index contributed by atoms with van der Waals surface area (Å²) < 4.78 is 11.3. The van der Waals surface area contributed by atoms with Gasteiger partial charge in [0.25, 0.3) is 0 Å². The van der Waals surface area contributed by atoms with Crippen LogP contribution in [0, 0.1) is 0 Å². The molecular formula is C24H26N4O4. The predicted octanol–water partition coefficient (Wildman–Crippen LogP) is 4.07. The number of esters is 1. The molecule has 0 radical (unpaired) electrons. The van der Waals surface area contributed by atoms with Gasteiger partial charge in [0.05, 0.1) is 16.6 Å². The minimum Gasteiger partial charge on any atom is -0.474 e. The van der Waals surface area contributed by atoms with E-state index in [-0.39, 0.29) is 36.6 Å². The number of hydrogen-bond acceptors (Lipinski definition) is 8. The van der Waals surface area contributed by atoms with Crippen molar-refractivity contribution in [2.24, 2.45) is 0 Å². The lowest BCUT2D eigenvalue weighted by Gasteiger charge is -2.27. The van der Waals surface area contributed by atoms with Gasteiger partial charge in [-0.1, -0.05) is 13.8 Å². The van der Waals surface area contributed by atoms with Crippen LogP contribution in [0.25, 0.3) is 10.8 Å². The molecule has 0 aromatic carbocycles. The highest BCUT2D eigenvalue weighted by molar-refractivity contribution is 5.93. The lowest BCUT2D eigenvalue weighted by molar-refractivity contribution is 0.0235. The second-order valence-electron chi connectivity index (χ2n) is 8.69. The molecule has 3 atom stereocenters. The number of aliphatic hydroxyl groups excluding tert-OH is 1. The topological polar surface area (TPSA) is 106 Å². The fourth-order valence-electron chi connectivity index (χ4n) is 3.88. The first kappa shape index (κ1) is 20.6.